The summed E-state index contributed by atoms with van der Waals surface area (Å²) in [6.07, 6.45) is 3.37. The lowest BCUT2D eigenvalue weighted by Gasteiger charge is -2.40. The smallest absolute Gasteiger partial charge is 0.323 e. The highest BCUT2D eigenvalue weighted by atomic mass is 79.9. The Morgan fingerprint density at radius 3 is 3.00 bits per heavy atom. The zero-order valence-electron chi connectivity index (χ0n) is 13.5. The quantitative estimate of drug-likeness (QED) is 0.626. The first kappa shape index (κ1) is 17.6. The molecule has 1 aromatic heterocycles. The molecule has 0 saturated carbocycles. The van der Waals surface area contributed by atoms with Crippen molar-refractivity contribution in [1.82, 2.24) is 15.3 Å². The molecule has 26 heavy (non-hydrogen) atoms. The number of piperidine rings is 1. The zero-order chi connectivity index (χ0) is 18.4. The number of aromatic nitrogens is 2. The molecule has 2 aromatic rings. The van der Waals surface area contributed by atoms with Gasteiger partial charge in [-0.15, -0.1) is 0 Å². The Labute approximate surface area is 161 Å². The number of hydrogen-bond donors (Lipinski definition) is 3. The summed E-state index contributed by atoms with van der Waals surface area (Å²) in [6.45, 7) is 0. The number of carbonyl (C=O) groups excluding carboxylic acids is 1. The Bertz CT molecular complexity index is 951. The summed E-state index contributed by atoms with van der Waals surface area (Å²) in [7, 11) is 0. The van der Waals surface area contributed by atoms with E-state index in [2.05, 4.69) is 36.5 Å². The van der Waals surface area contributed by atoms with Crippen LogP contribution in [0, 0.1) is 11.7 Å². The predicted octanol–water partition coefficient (Wildman–Crippen LogP) is 2.93. The Morgan fingerprint density at radius 1 is 1.38 bits per heavy atom. The van der Waals surface area contributed by atoms with Crippen molar-refractivity contribution in [3.63, 3.8) is 0 Å². The molecular formula is C17H15BrClFN4O2. The fourth-order valence-electron chi connectivity index (χ4n) is 3.73. The fraction of sp³-hybridized carbons (Fsp3) is 0.353. The number of rotatable bonds is 2. The molecule has 3 unspecified atom stereocenters. The average Bonchev–Trinajstić information content (AvgIpc) is 2.59. The molecule has 136 valence electrons. The van der Waals surface area contributed by atoms with Crippen molar-refractivity contribution in [3.8, 4) is 0 Å². The Morgan fingerprint density at radius 2 is 2.19 bits per heavy atom. The highest BCUT2D eigenvalue weighted by Gasteiger charge is 2.38. The van der Waals surface area contributed by atoms with Crippen molar-refractivity contribution >= 4 is 39.1 Å². The van der Waals surface area contributed by atoms with Crippen LogP contribution in [0.25, 0.3) is 0 Å². The number of amides is 1. The van der Waals surface area contributed by atoms with E-state index in [9.17, 15) is 14.0 Å². The van der Waals surface area contributed by atoms with Crippen LogP contribution in [0.1, 0.15) is 30.1 Å². The van der Waals surface area contributed by atoms with Crippen molar-refractivity contribution < 1.29 is 9.18 Å². The van der Waals surface area contributed by atoms with Crippen LogP contribution in [0.5, 0.6) is 0 Å². The molecule has 3 N–H and O–H groups in total. The zero-order valence-corrected chi connectivity index (χ0v) is 15.8. The molecule has 3 heterocycles. The number of carbonyl (C=O) groups is 1. The second kappa shape index (κ2) is 6.75. The Kier molecular flexibility index (Phi) is 4.58. The van der Waals surface area contributed by atoms with Gasteiger partial charge in [-0.05, 0) is 40.9 Å². The van der Waals surface area contributed by atoms with Gasteiger partial charge in [0.05, 0.1) is 10.7 Å². The summed E-state index contributed by atoms with van der Waals surface area (Å²) in [5, 5.41) is 6.38. The maximum atomic E-state index is 14.0. The average molecular weight is 442 g/mol. The molecule has 0 aliphatic carbocycles. The number of halogens is 3. The van der Waals surface area contributed by atoms with Gasteiger partial charge in [0.25, 0.3) is 0 Å². The minimum atomic E-state index is -0.576. The monoisotopic (exact) mass is 440 g/mol. The van der Waals surface area contributed by atoms with Crippen LogP contribution in [0.3, 0.4) is 0 Å². The lowest BCUT2D eigenvalue weighted by molar-refractivity contribution is -0.121. The molecule has 1 fully saturated rings. The van der Waals surface area contributed by atoms with Crippen molar-refractivity contribution in [1.29, 1.82) is 0 Å². The van der Waals surface area contributed by atoms with Crippen LogP contribution >= 0.6 is 27.5 Å². The summed E-state index contributed by atoms with van der Waals surface area (Å²) in [4.78, 5) is 30.7. The SMILES string of the molecule is O=C(Nc1cc(Br)c(Cl)cc1F)C1CC2Cc3[nH]c(=O)ncc3C(C1)N2. The number of aromatic amines is 1. The van der Waals surface area contributed by atoms with Crippen LogP contribution in [0.4, 0.5) is 10.1 Å². The summed E-state index contributed by atoms with van der Waals surface area (Å²) >= 11 is 9.09. The van der Waals surface area contributed by atoms with E-state index in [0.29, 0.717) is 23.7 Å². The molecule has 2 aliphatic heterocycles. The van der Waals surface area contributed by atoms with Gasteiger partial charge in [-0.3, -0.25) is 4.79 Å². The summed E-state index contributed by atoms with van der Waals surface area (Å²) < 4.78 is 14.6. The van der Waals surface area contributed by atoms with Crippen LogP contribution in [-0.2, 0) is 11.2 Å². The molecule has 4 rings (SSSR count). The minimum Gasteiger partial charge on any atom is -0.323 e. The van der Waals surface area contributed by atoms with E-state index in [1.165, 1.54) is 6.07 Å². The molecule has 0 spiro atoms. The number of nitrogens with zero attached hydrogens (tertiary/aromatic N) is 1. The third-order valence-electron chi connectivity index (χ3n) is 4.92. The molecule has 9 heteroatoms. The molecule has 6 nitrogen and oxygen atoms in total. The lowest BCUT2D eigenvalue weighted by atomic mass is 9.78. The van der Waals surface area contributed by atoms with Gasteiger partial charge >= 0.3 is 5.69 Å². The normalized spacial score (nSPS) is 24.0. The van der Waals surface area contributed by atoms with Gasteiger partial charge in [0.15, 0.2) is 0 Å². The summed E-state index contributed by atoms with van der Waals surface area (Å²) in [6, 6.07) is 2.65. The van der Waals surface area contributed by atoms with Gasteiger partial charge in [-0.2, -0.15) is 0 Å². The van der Waals surface area contributed by atoms with Crippen molar-refractivity contribution in [2.45, 2.75) is 31.3 Å². The summed E-state index contributed by atoms with van der Waals surface area (Å²) in [5.74, 6) is -1.07. The van der Waals surface area contributed by atoms with Crippen molar-refractivity contribution in [2.75, 3.05) is 5.32 Å². The van der Waals surface area contributed by atoms with Crippen molar-refractivity contribution in [2.24, 2.45) is 5.92 Å². The lowest BCUT2D eigenvalue weighted by Crippen LogP contribution is -2.49. The van der Waals surface area contributed by atoms with Gasteiger partial charge in [0.1, 0.15) is 5.82 Å². The van der Waals surface area contributed by atoms with Gasteiger partial charge in [0.2, 0.25) is 5.91 Å². The van der Waals surface area contributed by atoms with E-state index in [1.54, 1.807) is 6.20 Å². The number of anilines is 1. The van der Waals surface area contributed by atoms with Gasteiger partial charge in [-0.25, -0.2) is 14.2 Å². The van der Waals surface area contributed by atoms with Gasteiger partial charge < -0.3 is 15.6 Å². The molecule has 1 amide bonds. The standard InChI is InChI=1S/C17H15BrClFN4O2/c18-10-4-15(12(20)5-11(10)19)23-16(25)7-1-8-3-14-9(13(2-7)22-8)6-21-17(26)24-14/h4-8,13,22H,1-3H2,(H,23,25)(H,21,24,26). The van der Waals surface area contributed by atoms with Crippen LogP contribution in [0.15, 0.2) is 27.6 Å². The number of H-pyrrole nitrogens is 1. The van der Waals surface area contributed by atoms with Gasteiger partial charge in [0, 0.05) is 46.3 Å². The molecule has 1 aromatic carbocycles. The van der Waals surface area contributed by atoms with E-state index < -0.39 is 5.82 Å². The largest absolute Gasteiger partial charge is 0.345 e. The first-order valence-electron chi connectivity index (χ1n) is 8.20. The summed E-state index contributed by atoms with van der Waals surface area (Å²) in [5.41, 5.74) is 1.53. The number of fused-ring (bicyclic) bond motifs is 4. The second-order valence-corrected chi connectivity index (χ2v) is 7.91. The third kappa shape index (κ3) is 3.28. The van der Waals surface area contributed by atoms with Crippen LogP contribution < -0.4 is 16.3 Å². The van der Waals surface area contributed by atoms with E-state index in [1.807, 2.05) is 0 Å². The predicted molar refractivity (Wildman–Crippen MR) is 98.7 cm³/mol. The maximum absolute atomic E-state index is 14.0. The number of hydrogen-bond acceptors (Lipinski definition) is 4. The fourth-order valence-corrected chi connectivity index (χ4v) is 4.22. The Hall–Kier alpha value is -1.77. The number of benzene rings is 1. The topological polar surface area (TPSA) is 86.9 Å². The van der Waals surface area contributed by atoms with Gasteiger partial charge in [-0.1, -0.05) is 11.6 Å². The number of nitrogens with one attached hydrogen (secondary N) is 3. The highest BCUT2D eigenvalue weighted by molar-refractivity contribution is 9.10. The van der Waals surface area contributed by atoms with E-state index in [-0.39, 0.29) is 40.3 Å². The van der Waals surface area contributed by atoms with E-state index in [4.69, 9.17) is 11.6 Å². The molecule has 2 bridgehead atoms. The Balaban J connectivity index is 1.53. The molecule has 3 atom stereocenters. The molecule has 0 radical (unpaired) electrons. The molecular weight excluding hydrogens is 427 g/mol. The van der Waals surface area contributed by atoms with Crippen molar-refractivity contribution in [3.05, 3.63) is 55.4 Å². The first-order chi connectivity index (χ1) is 12.4. The second-order valence-electron chi connectivity index (χ2n) is 6.65. The molecule has 1 saturated heterocycles. The van der Waals surface area contributed by atoms with E-state index in [0.717, 1.165) is 17.3 Å². The van der Waals surface area contributed by atoms with Crippen LogP contribution in [-0.4, -0.2) is 21.9 Å². The highest BCUT2D eigenvalue weighted by Crippen LogP contribution is 2.37. The minimum absolute atomic E-state index is 0.0561. The van der Waals surface area contributed by atoms with Crippen LogP contribution in [0.2, 0.25) is 5.02 Å². The van der Waals surface area contributed by atoms with E-state index >= 15 is 0 Å². The first-order valence-corrected chi connectivity index (χ1v) is 9.37. The third-order valence-corrected chi connectivity index (χ3v) is 6.11. The molecule has 2 aliphatic rings. The maximum Gasteiger partial charge on any atom is 0.345 e.